The molecule has 3 nitrogen and oxygen atoms in total. The lowest BCUT2D eigenvalue weighted by Crippen LogP contribution is -2.26. The Bertz CT molecular complexity index is 574. The SMILES string of the molecule is NC(=S)Cn1ccc2ccccc2c1=O. The van der Waals surface area contributed by atoms with E-state index in [1.54, 1.807) is 12.3 Å². The fourth-order valence-electron chi connectivity index (χ4n) is 1.52. The van der Waals surface area contributed by atoms with E-state index in [9.17, 15) is 4.79 Å². The third-order valence-corrected chi connectivity index (χ3v) is 2.34. The highest BCUT2D eigenvalue weighted by molar-refractivity contribution is 7.80. The van der Waals surface area contributed by atoms with E-state index >= 15 is 0 Å². The van der Waals surface area contributed by atoms with Crippen LogP contribution in [0.2, 0.25) is 0 Å². The summed E-state index contributed by atoms with van der Waals surface area (Å²) in [7, 11) is 0. The molecule has 0 saturated heterocycles. The Labute approximate surface area is 92.1 Å². The van der Waals surface area contributed by atoms with Crippen LogP contribution in [0.25, 0.3) is 10.8 Å². The van der Waals surface area contributed by atoms with Crippen LogP contribution in [0.3, 0.4) is 0 Å². The Hall–Kier alpha value is -1.68. The van der Waals surface area contributed by atoms with Crippen LogP contribution in [-0.4, -0.2) is 9.56 Å². The zero-order valence-electron chi connectivity index (χ0n) is 8.01. The summed E-state index contributed by atoms with van der Waals surface area (Å²) in [5, 5.41) is 1.62. The summed E-state index contributed by atoms with van der Waals surface area (Å²) in [5.74, 6) is 0. The Morgan fingerprint density at radius 1 is 1.33 bits per heavy atom. The van der Waals surface area contributed by atoms with Crippen molar-refractivity contribution in [3.05, 3.63) is 46.9 Å². The van der Waals surface area contributed by atoms with Gasteiger partial charge in [0.15, 0.2) is 0 Å². The van der Waals surface area contributed by atoms with Crippen LogP contribution in [0.4, 0.5) is 0 Å². The molecule has 0 fully saturated rings. The van der Waals surface area contributed by atoms with Crippen LogP contribution in [-0.2, 0) is 6.54 Å². The lowest BCUT2D eigenvalue weighted by molar-refractivity contribution is 0.819. The van der Waals surface area contributed by atoms with Crippen molar-refractivity contribution >= 4 is 28.0 Å². The molecule has 0 spiro atoms. The van der Waals surface area contributed by atoms with Crippen molar-refractivity contribution < 1.29 is 0 Å². The van der Waals surface area contributed by atoms with Gasteiger partial charge in [-0.3, -0.25) is 4.79 Å². The molecule has 0 aliphatic carbocycles. The maximum absolute atomic E-state index is 11.9. The Balaban J connectivity index is 2.65. The van der Waals surface area contributed by atoms with Gasteiger partial charge in [-0.05, 0) is 17.5 Å². The second-order valence-corrected chi connectivity index (χ2v) is 3.83. The summed E-state index contributed by atoms with van der Waals surface area (Å²) in [6, 6.07) is 9.33. The highest BCUT2D eigenvalue weighted by Gasteiger charge is 2.01. The highest BCUT2D eigenvalue weighted by atomic mass is 32.1. The minimum atomic E-state index is -0.0547. The molecule has 15 heavy (non-hydrogen) atoms. The van der Waals surface area contributed by atoms with Crippen molar-refractivity contribution in [1.82, 2.24) is 4.57 Å². The van der Waals surface area contributed by atoms with Gasteiger partial charge in [0.2, 0.25) is 0 Å². The topological polar surface area (TPSA) is 48.0 Å². The van der Waals surface area contributed by atoms with Crippen LogP contribution in [0.1, 0.15) is 0 Å². The Morgan fingerprint density at radius 3 is 2.80 bits per heavy atom. The van der Waals surface area contributed by atoms with Gasteiger partial charge < -0.3 is 10.3 Å². The first-order valence-corrected chi connectivity index (χ1v) is 4.96. The van der Waals surface area contributed by atoms with Crippen LogP contribution < -0.4 is 11.3 Å². The second kappa shape index (κ2) is 3.82. The smallest absolute Gasteiger partial charge is 0.258 e. The van der Waals surface area contributed by atoms with E-state index in [2.05, 4.69) is 0 Å². The Kier molecular flexibility index (Phi) is 2.51. The number of benzene rings is 1. The number of aromatic nitrogens is 1. The van der Waals surface area contributed by atoms with Crippen molar-refractivity contribution in [1.29, 1.82) is 0 Å². The van der Waals surface area contributed by atoms with Gasteiger partial charge >= 0.3 is 0 Å². The molecule has 0 unspecified atom stereocenters. The van der Waals surface area contributed by atoms with E-state index in [0.717, 1.165) is 5.39 Å². The number of nitrogens with zero attached hydrogens (tertiary/aromatic N) is 1. The first-order chi connectivity index (χ1) is 7.18. The molecule has 1 heterocycles. The molecule has 76 valence electrons. The minimum absolute atomic E-state index is 0.0547. The fourth-order valence-corrected chi connectivity index (χ4v) is 1.66. The number of hydrogen-bond acceptors (Lipinski definition) is 2. The minimum Gasteiger partial charge on any atom is -0.392 e. The molecular formula is C11H10N2OS. The van der Waals surface area contributed by atoms with Gasteiger partial charge in [-0.2, -0.15) is 0 Å². The summed E-state index contributed by atoms with van der Waals surface area (Å²) in [5.41, 5.74) is 5.35. The van der Waals surface area contributed by atoms with Crippen molar-refractivity contribution in [3.63, 3.8) is 0 Å². The molecule has 2 rings (SSSR count). The number of fused-ring (bicyclic) bond motifs is 1. The number of nitrogens with two attached hydrogens (primary N) is 1. The van der Waals surface area contributed by atoms with E-state index in [4.69, 9.17) is 18.0 Å². The summed E-state index contributed by atoms with van der Waals surface area (Å²) in [6.07, 6.45) is 1.71. The van der Waals surface area contributed by atoms with E-state index < -0.39 is 0 Å². The van der Waals surface area contributed by atoms with Gasteiger partial charge in [0.05, 0.1) is 11.5 Å². The first kappa shape index (κ1) is 9.86. The van der Waals surface area contributed by atoms with Crippen LogP contribution in [0.15, 0.2) is 41.3 Å². The molecule has 0 amide bonds. The highest BCUT2D eigenvalue weighted by Crippen LogP contribution is 2.07. The molecule has 0 radical (unpaired) electrons. The molecule has 4 heteroatoms. The summed E-state index contributed by atoms with van der Waals surface area (Å²) in [6.45, 7) is 0.291. The van der Waals surface area contributed by atoms with Crippen molar-refractivity contribution in [3.8, 4) is 0 Å². The van der Waals surface area contributed by atoms with Crippen molar-refractivity contribution in [2.45, 2.75) is 6.54 Å². The number of thiocarbonyl (C=S) groups is 1. The lowest BCUT2D eigenvalue weighted by Gasteiger charge is -2.05. The predicted molar refractivity (Wildman–Crippen MR) is 65.0 cm³/mol. The number of pyridine rings is 1. The van der Waals surface area contributed by atoms with Gasteiger partial charge in [0.1, 0.15) is 0 Å². The zero-order valence-corrected chi connectivity index (χ0v) is 8.83. The van der Waals surface area contributed by atoms with Crippen molar-refractivity contribution in [2.24, 2.45) is 5.73 Å². The molecule has 1 aromatic carbocycles. The van der Waals surface area contributed by atoms with Gasteiger partial charge in [0.25, 0.3) is 5.56 Å². The van der Waals surface area contributed by atoms with Crippen LogP contribution in [0, 0.1) is 0 Å². The third-order valence-electron chi connectivity index (χ3n) is 2.21. The number of rotatable bonds is 2. The van der Waals surface area contributed by atoms with E-state index in [0.29, 0.717) is 16.9 Å². The van der Waals surface area contributed by atoms with Gasteiger partial charge in [0, 0.05) is 11.6 Å². The third kappa shape index (κ3) is 1.89. The predicted octanol–water partition coefficient (Wildman–Crippen LogP) is 1.29. The quantitative estimate of drug-likeness (QED) is 0.773. The monoisotopic (exact) mass is 218 g/mol. The average molecular weight is 218 g/mol. The van der Waals surface area contributed by atoms with Crippen molar-refractivity contribution in [2.75, 3.05) is 0 Å². The van der Waals surface area contributed by atoms with Gasteiger partial charge in [-0.1, -0.05) is 30.4 Å². The summed E-state index contributed by atoms with van der Waals surface area (Å²) in [4.78, 5) is 12.2. The molecule has 1 aromatic heterocycles. The molecule has 2 N–H and O–H groups in total. The second-order valence-electron chi connectivity index (χ2n) is 3.30. The normalized spacial score (nSPS) is 10.4. The molecule has 0 aliphatic heterocycles. The molecule has 0 atom stereocenters. The summed E-state index contributed by atoms with van der Waals surface area (Å²) < 4.78 is 1.52. The van der Waals surface area contributed by atoms with E-state index in [-0.39, 0.29) is 5.56 Å². The first-order valence-electron chi connectivity index (χ1n) is 4.55. The molecule has 0 saturated carbocycles. The Morgan fingerprint density at radius 2 is 2.07 bits per heavy atom. The standard InChI is InChI=1S/C11H10N2OS/c12-10(15)7-13-6-5-8-3-1-2-4-9(8)11(13)14/h1-6H,7H2,(H2,12,15). The van der Waals surface area contributed by atoms with Crippen LogP contribution in [0.5, 0.6) is 0 Å². The number of hydrogen-bond donors (Lipinski definition) is 1. The zero-order chi connectivity index (χ0) is 10.8. The van der Waals surface area contributed by atoms with E-state index in [1.807, 2.05) is 24.3 Å². The van der Waals surface area contributed by atoms with Gasteiger partial charge in [-0.15, -0.1) is 0 Å². The summed E-state index contributed by atoms with van der Waals surface area (Å²) >= 11 is 4.78. The largest absolute Gasteiger partial charge is 0.392 e. The van der Waals surface area contributed by atoms with Crippen LogP contribution >= 0.6 is 12.2 Å². The van der Waals surface area contributed by atoms with Gasteiger partial charge in [-0.25, -0.2) is 0 Å². The maximum atomic E-state index is 11.9. The average Bonchev–Trinajstić information content (AvgIpc) is 2.22. The maximum Gasteiger partial charge on any atom is 0.258 e. The molecule has 0 aliphatic rings. The molecule has 0 bridgehead atoms. The molecule has 2 aromatic rings. The fraction of sp³-hybridized carbons (Fsp3) is 0.0909. The molecular weight excluding hydrogens is 208 g/mol. The van der Waals surface area contributed by atoms with E-state index in [1.165, 1.54) is 4.57 Å². The lowest BCUT2D eigenvalue weighted by atomic mass is 10.2.